The highest BCUT2D eigenvalue weighted by Crippen LogP contribution is 2.26. The van der Waals surface area contributed by atoms with Crippen molar-refractivity contribution in [3.8, 4) is 16.8 Å². The van der Waals surface area contributed by atoms with Gasteiger partial charge < -0.3 is 11.1 Å². The Bertz CT molecular complexity index is 1340. The first-order valence-electron chi connectivity index (χ1n) is 9.90. The summed E-state index contributed by atoms with van der Waals surface area (Å²) in [7, 11) is 1.68. The van der Waals surface area contributed by atoms with Crippen LogP contribution >= 0.6 is 11.6 Å². The van der Waals surface area contributed by atoms with Crippen molar-refractivity contribution in [2.24, 2.45) is 4.99 Å². The van der Waals surface area contributed by atoms with Gasteiger partial charge in [-0.2, -0.15) is 0 Å². The number of halogens is 1. The van der Waals surface area contributed by atoms with Crippen molar-refractivity contribution in [3.05, 3.63) is 81.6 Å². The standard InChI is InChI=1S/C24H22ClN5O/c1-3-28-22-11-5-16-13-20(15-4-10-21(26)17(12-15)14-27-2)24(31)30(23(16)29-22)19-8-6-18(25)7-9-19/h4-14H,3,26H2,1-2H3,(H,28,29). The largest absolute Gasteiger partial charge is 0.398 e. The van der Waals surface area contributed by atoms with E-state index in [1.54, 1.807) is 36.0 Å². The van der Waals surface area contributed by atoms with Crippen LogP contribution in [0.3, 0.4) is 0 Å². The topological polar surface area (TPSA) is 85.3 Å². The molecule has 156 valence electrons. The molecule has 0 bridgehead atoms. The molecule has 2 heterocycles. The molecule has 7 heteroatoms. The van der Waals surface area contributed by atoms with Crippen LogP contribution in [0.4, 0.5) is 11.5 Å². The lowest BCUT2D eigenvalue weighted by Gasteiger charge is -2.14. The first kappa shape index (κ1) is 20.6. The Morgan fingerprint density at radius 2 is 1.90 bits per heavy atom. The molecular formula is C24H22ClN5O. The predicted octanol–water partition coefficient (Wildman–Crippen LogP) is 4.77. The van der Waals surface area contributed by atoms with Crippen LogP contribution in [-0.2, 0) is 0 Å². The molecule has 3 N–H and O–H groups in total. The Morgan fingerprint density at radius 3 is 2.61 bits per heavy atom. The number of nitrogen functional groups attached to an aromatic ring is 1. The van der Waals surface area contributed by atoms with Gasteiger partial charge in [0, 0.05) is 47.0 Å². The highest BCUT2D eigenvalue weighted by molar-refractivity contribution is 6.30. The minimum atomic E-state index is -0.180. The average Bonchev–Trinajstić information content (AvgIpc) is 2.76. The molecule has 0 saturated heterocycles. The third-order valence-corrected chi connectivity index (χ3v) is 5.21. The number of aliphatic imine (C=N–C) groups is 1. The number of fused-ring (bicyclic) bond motifs is 1. The zero-order chi connectivity index (χ0) is 22.0. The maximum absolute atomic E-state index is 13.7. The minimum Gasteiger partial charge on any atom is -0.398 e. The molecule has 2 aromatic heterocycles. The van der Waals surface area contributed by atoms with Gasteiger partial charge >= 0.3 is 0 Å². The quantitative estimate of drug-likeness (QED) is 0.352. The summed E-state index contributed by atoms with van der Waals surface area (Å²) in [6, 6.07) is 18.4. The Morgan fingerprint density at radius 1 is 1.13 bits per heavy atom. The van der Waals surface area contributed by atoms with Crippen molar-refractivity contribution in [1.29, 1.82) is 0 Å². The van der Waals surface area contributed by atoms with Gasteiger partial charge in [0.05, 0.1) is 5.69 Å². The number of nitrogens with two attached hydrogens (primary N) is 1. The Labute approximate surface area is 185 Å². The van der Waals surface area contributed by atoms with Crippen LogP contribution in [-0.4, -0.2) is 29.4 Å². The van der Waals surface area contributed by atoms with Crippen LogP contribution in [0, 0.1) is 0 Å². The van der Waals surface area contributed by atoms with E-state index in [4.69, 9.17) is 22.3 Å². The summed E-state index contributed by atoms with van der Waals surface area (Å²) in [6.07, 6.45) is 1.68. The van der Waals surface area contributed by atoms with Gasteiger partial charge in [-0.15, -0.1) is 0 Å². The number of rotatable bonds is 5. The van der Waals surface area contributed by atoms with Gasteiger partial charge in [0.15, 0.2) is 0 Å². The van der Waals surface area contributed by atoms with E-state index in [9.17, 15) is 4.79 Å². The Hall–Kier alpha value is -3.64. The molecule has 31 heavy (non-hydrogen) atoms. The van der Waals surface area contributed by atoms with Crippen molar-refractivity contribution in [2.75, 3.05) is 24.6 Å². The summed E-state index contributed by atoms with van der Waals surface area (Å²) < 4.78 is 1.62. The monoisotopic (exact) mass is 431 g/mol. The molecule has 0 aliphatic heterocycles. The van der Waals surface area contributed by atoms with Crippen molar-refractivity contribution >= 4 is 40.4 Å². The smallest absolute Gasteiger partial charge is 0.264 e. The number of aromatic nitrogens is 2. The number of benzene rings is 2. The highest BCUT2D eigenvalue weighted by Gasteiger charge is 2.15. The maximum atomic E-state index is 13.7. The fourth-order valence-electron chi connectivity index (χ4n) is 3.49. The molecule has 0 atom stereocenters. The average molecular weight is 432 g/mol. The number of anilines is 2. The zero-order valence-electron chi connectivity index (χ0n) is 17.3. The van der Waals surface area contributed by atoms with Crippen LogP contribution in [0.1, 0.15) is 12.5 Å². The molecule has 0 radical (unpaired) electrons. The number of hydrogen-bond donors (Lipinski definition) is 2. The van der Waals surface area contributed by atoms with Crippen LogP contribution in [0.5, 0.6) is 0 Å². The third kappa shape index (κ3) is 4.02. The van der Waals surface area contributed by atoms with Gasteiger partial charge in [-0.25, -0.2) is 4.98 Å². The van der Waals surface area contributed by atoms with E-state index in [2.05, 4.69) is 10.3 Å². The van der Waals surface area contributed by atoms with Crippen LogP contribution in [0.25, 0.3) is 27.8 Å². The molecule has 0 aliphatic carbocycles. The molecule has 0 spiro atoms. The van der Waals surface area contributed by atoms with Gasteiger partial charge in [-0.3, -0.25) is 14.4 Å². The van der Waals surface area contributed by atoms with Crippen molar-refractivity contribution in [3.63, 3.8) is 0 Å². The van der Waals surface area contributed by atoms with Gasteiger partial charge in [-0.1, -0.05) is 17.7 Å². The van der Waals surface area contributed by atoms with E-state index < -0.39 is 0 Å². The highest BCUT2D eigenvalue weighted by atomic mass is 35.5. The molecule has 2 aromatic carbocycles. The summed E-state index contributed by atoms with van der Waals surface area (Å²) in [5.74, 6) is 0.707. The van der Waals surface area contributed by atoms with Gasteiger partial charge in [0.1, 0.15) is 11.5 Å². The maximum Gasteiger partial charge on any atom is 0.264 e. The second kappa shape index (κ2) is 8.62. The lowest BCUT2D eigenvalue weighted by molar-refractivity contribution is 1.01. The zero-order valence-corrected chi connectivity index (χ0v) is 18.0. The SMILES string of the molecule is CCNc1ccc2cc(-c3ccc(N)c(C=NC)c3)c(=O)n(-c3ccc(Cl)cc3)c2n1. The van der Waals surface area contributed by atoms with E-state index in [1.165, 1.54) is 0 Å². The number of nitrogens with one attached hydrogen (secondary N) is 1. The molecule has 6 nitrogen and oxygen atoms in total. The van der Waals surface area contributed by atoms with E-state index in [1.807, 2.05) is 49.4 Å². The fourth-order valence-corrected chi connectivity index (χ4v) is 3.62. The third-order valence-electron chi connectivity index (χ3n) is 4.96. The summed E-state index contributed by atoms with van der Waals surface area (Å²) >= 11 is 6.08. The number of hydrogen-bond acceptors (Lipinski definition) is 5. The molecule has 0 amide bonds. The summed E-state index contributed by atoms with van der Waals surface area (Å²) in [5, 5.41) is 4.64. The number of nitrogens with zero attached hydrogens (tertiary/aromatic N) is 3. The van der Waals surface area contributed by atoms with Crippen molar-refractivity contribution in [1.82, 2.24) is 9.55 Å². The van der Waals surface area contributed by atoms with Crippen LogP contribution in [0.2, 0.25) is 5.02 Å². The fraction of sp³-hybridized carbons (Fsp3) is 0.125. The lowest BCUT2D eigenvalue weighted by atomic mass is 10.0. The molecular weight excluding hydrogens is 410 g/mol. The first-order chi connectivity index (χ1) is 15.0. The molecule has 4 rings (SSSR count). The predicted molar refractivity (Wildman–Crippen MR) is 130 cm³/mol. The lowest BCUT2D eigenvalue weighted by Crippen LogP contribution is -2.21. The van der Waals surface area contributed by atoms with E-state index >= 15 is 0 Å². The van der Waals surface area contributed by atoms with Crippen LogP contribution < -0.4 is 16.6 Å². The number of pyridine rings is 2. The first-order valence-corrected chi connectivity index (χ1v) is 10.3. The van der Waals surface area contributed by atoms with Gasteiger partial charge in [0.2, 0.25) is 0 Å². The molecule has 0 aliphatic rings. The summed E-state index contributed by atoms with van der Waals surface area (Å²) in [5.41, 5.74) is 9.81. The van der Waals surface area contributed by atoms with E-state index in [-0.39, 0.29) is 5.56 Å². The van der Waals surface area contributed by atoms with Crippen LogP contribution in [0.15, 0.2) is 70.5 Å². The van der Waals surface area contributed by atoms with Crippen molar-refractivity contribution in [2.45, 2.75) is 6.92 Å². The second-order valence-corrected chi connectivity index (χ2v) is 7.48. The van der Waals surface area contributed by atoms with E-state index in [0.717, 1.165) is 23.1 Å². The second-order valence-electron chi connectivity index (χ2n) is 7.05. The molecule has 4 aromatic rings. The van der Waals surface area contributed by atoms with Crippen molar-refractivity contribution < 1.29 is 0 Å². The normalized spacial score (nSPS) is 11.3. The molecule has 0 unspecified atom stereocenters. The van der Waals surface area contributed by atoms with E-state index in [0.29, 0.717) is 33.4 Å². The minimum absolute atomic E-state index is 0.180. The Balaban J connectivity index is 2.03. The summed E-state index contributed by atoms with van der Waals surface area (Å²) in [4.78, 5) is 22.5. The Kier molecular flexibility index (Phi) is 5.73. The summed E-state index contributed by atoms with van der Waals surface area (Å²) in [6.45, 7) is 2.73. The van der Waals surface area contributed by atoms with Gasteiger partial charge in [0.25, 0.3) is 5.56 Å². The molecule has 0 saturated carbocycles. The van der Waals surface area contributed by atoms with Gasteiger partial charge in [-0.05, 0) is 67.1 Å². The molecule has 0 fully saturated rings.